The van der Waals surface area contributed by atoms with Gasteiger partial charge in [0.05, 0.1) is 10.7 Å². The van der Waals surface area contributed by atoms with Crippen molar-refractivity contribution in [3.63, 3.8) is 0 Å². The van der Waals surface area contributed by atoms with Gasteiger partial charge in [0, 0.05) is 17.3 Å². The number of benzene rings is 1. The highest BCUT2D eigenvalue weighted by Crippen LogP contribution is 2.20. The van der Waals surface area contributed by atoms with Crippen molar-refractivity contribution in [1.29, 1.82) is 0 Å². The van der Waals surface area contributed by atoms with Crippen LogP contribution in [0.4, 0.5) is 5.69 Å². The van der Waals surface area contributed by atoms with E-state index in [1.54, 1.807) is 18.2 Å². The number of nitrogens with two attached hydrogens (primary N) is 1. The van der Waals surface area contributed by atoms with Gasteiger partial charge in [-0.1, -0.05) is 27.5 Å². The Balaban J connectivity index is 2.90. The average molecular weight is 263 g/mol. The van der Waals surface area contributed by atoms with Crippen molar-refractivity contribution in [3.05, 3.63) is 28.8 Å². The smallest absolute Gasteiger partial charge is 0.163 e. The minimum Gasteiger partial charge on any atom is -0.398 e. The van der Waals surface area contributed by atoms with Crippen LogP contribution in [0, 0.1) is 0 Å². The predicted octanol–water partition coefficient (Wildman–Crippen LogP) is 2.89. The number of anilines is 1. The monoisotopic (exact) mass is 261 g/mol. The number of nitrogen functional groups attached to an aromatic ring is 1. The van der Waals surface area contributed by atoms with Gasteiger partial charge in [-0.15, -0.1) is 0 Å². The van der Waals surface area contributed by atoms with Crippen LogP contribution in [0.2, 0.25) is 5.02 Å². The molecule has 0 atom stereocenters. The highest BCUT2D eigenvalue weighted by atomic mass is 79.9. The molecule has 0 aromatic heterocycles. The first-order valence-corrected chi connectivity index (χ1v) is 5.29. The maximum absolute atomic E-state index is 11.4. The molecule has 4 heteroatoms. The van der Waals surface area contributed by atoms with Gasteiger partial charge in [0.1, 0.15) is 0 Å². The van der Waals surface area contributed by atoms with Gasteiger partial charge in [0.2, 0.25) is 0 Å². The Morgan fingerprint density at radius 3 is 2.77 bits per heavy atom. The van der Waals surface area contributed by atoms with E-state index in [0.717, 1.165) is 0 Å². The van der Waals surface area contributed by atoms with Crippen molar-refractivity contribution >= 4 is 39.0 Å². The Morgan fingerprint density at radius 2 is 2.23 bits per heavy atom. The third-order valence-corrected chi connectivity index (χ3v) is 2.37. The zero-order valence-electron chi connectivity index (χ0n) is 6.89. The minimum absolute atomic E-state index is 0.0683. The number of Topliss-reactive ketones (excluding diaryl/α,β-unsaturated/α-hetero) is 1. The van der Waals surface area contributed by atoms with E-state index in [9.17, 15) is 4.79 Å². The fraction of sp³-hybridized carbons (Fsp3) is 0.222. The second-order valence-electron chi connectivity index (χ2n) is 2.60. The summed E-state index contributed by atoms with van der Waals surface area (Å²) in [4.78, 5) is 11.4. The van der Waals surface area contributed by atoms with Crippen molar-refractivity contribution in [3.8, 4) is 0 Å². The molecule has 0 bridgehead atoms. The van der Waals surface area contributed by atoms with E-state index in [-0.39, 0.29) is 5.78 Å². The Morgan fingerprint density at radius 1 is 1.54 bits per heavy atom. The molecule has 0 spiro atoms. The van der Waals surface area contributed by atoms with Crippen molar-refractivity contribution < 1.29 is 4.79 Å². The summed E-state index contributed by atoms with van der Waals surface area (Å²) in [7, 11) is 0. The molecule has 0 fully saturated rings. The summed E-state index contributed by atoms with van der Waals surface area (Å²) in [6.45, 7) is 0. The normalized spacial score (nSPS) is 10.0. The van der Waals surface area contributed by atoms with Crippen LogP contribution in [-0.2, 0) is 0 Å². The summed E-state index contributed by atoms with van der Waals surface area (Å²) in [6, 6.07) is 4.93. The maximum Gasteiger partial charge on any atom is 0.163 e. The van der Waals surface area contributed by atoms with Gasteiger partial charge in [0.25, 0.3) is 0 Å². The molecule has 13 heavy (non-hydrogen) atoms. The molecule has 0 saturated carbocycles. The largest absolute Gasteiger partial charge is 0.398 e. The van der Waals surface area contributed by atoms with Gasteiger partial charge in [-0.05, 0) is 18.2 Å². The Hall–Kier alpha value is -0.540. The molecule has 0 unspecified atom stereocenters. The lowest BCUT2D eigenvalue weighted by Gasteiger charge is -2.01. The predicted molar refractivity (Wildman–Crippen MR) is 58.6 cm³/mol. The molecule has 0 saturated heterocycles. The Bertz CT molecular complexity index is 327. The number of carbonyl (C=O) groups excluding carboxylic acids is 1. The van der Waals surface area contributed by atoms with Crippen LogP contribution in [0.3, 0.4) is 0 Å². The summed E-state index contributed by atoms with van der Waals surface area (Å²) in [5.74, 6) is 0.0683. The average Bonchev–Trinajstić information content (AvgIpc) is 2.10. The van der Waals surface area contributed by atoms with E-state index in [2.05, 4.69) is 15.9 Å². The minimum atomic E-state index is 0.0683. The summed E-state index contributed by atoms with van der Waals surface area (Å²) in [6.07, 6.45) is 0.472. The van der Waals surface area contributed by atoms with Crippen molar-refractivity contribution in [2.24, 2.45) is 0 Å². The molecule has 0 radical (unpaired) electrons. The van der Waals surface area contributed by atoms with Crippen LogP contribution in [0.1, 0.15) is 16.8 Å². The summed E-state index contributed by atoms with van der Waals surface area (Å²) in [5.41, 5.74) is 6.62. The highest BCUT2D eigenvalue weighted by molar-refractivity contribution is 9.09. The number of alkyl halides is 1. The first-order valence-electron chi connectivity index (χ1n) is 3.79. The molecule has 0 heterocycles. The quantitative estimate of drug-likeness (QED) is 0.517. The van der Waals surface area contributed by atoms with Gasteiger partial charge in [-0.3, -0.25) is 4.79 Å². The number of rotatable bonds is 3. The molecule has 1 rings (SSSR count). The van der Waals surface area contributed by atoms with E-state index in [0.29, 0.717) is 28.0 Å². The number of ketones is 1. The van der Waals surface area contributed by atoms with Crippen LogP contribution in [0.15, 0.2) is 18.2 Å². The van der Waals surface area contributed by atoms with Crippen LogP contribution in [-0.4, -0.2) is 11.1 Å². The zero-order chi connectivity index (χ0) is 9.84. The van der Waals surface area contributed by atoms with E-state index >= 15 is 0 Å². The number of halogens is 2. The number of hydrogen-bond donors (Lipinski definition) is 1. The lowest BCUT2D eigenvalue weighted by atomic mass is 10.1. The molecule has 70 valence electrons. The van der Waals surface area contributed by atoms with Crippen LogP contribution >= 0.6 is 27.5 Å². The van der Waals surface area contributed by atoms with Gasteiger partial charge >= 0.3 is 0 Å². The third-order valence-electron chi connectivity index (χ3n) is 1.64. The Kier molecular flexibility index (Phi) is 3.75. The molecular formula is C9H9BrClNO. The standard InChI is InChI=1S/C9H9BrClNO/c10-4-3-9(13)6-1-2-8(12)7(11)5-6/h1-2,5H,3-4,12H2. The summed E-state index contributed by atoms with van der Waals surface area (Å²) >= 11 is 8.97. The van der Waals surface area contributed by atoms with Gasteiger partial charge < -0.3 is 5.73 Å². The van der Waals surface area contributed by atoms with E-state index in [1.807, 2.05) is 0 Å². The van der Waals surface area contributed by atoms with Crippen LogP contribution in [0.25, 0.3) is 0 Å². The lowest BCUT2D eigenvalue weighted by Crippen LogP contribution is -2.00. The fourth-order valence-corrected chi connectivity index (χ4v) is 1.47. The van der Waals surface area contributed by atoms with Gasteiger partial charge in [0.15, 0.2) is 5.78 Å². The Labute approximate surface area is 90.2 Å². The molecule has 0 aliphatic carbocycles. The van der Waals surface area contributed by atoms with Crippen LogP contribution < -0.4 is 5.73 Å². The second-order valence-corrected chi connectivity index (χ2v) is 3.80. The number of hydrogen-bond acceptors (Lipinski definition) is 2. The summed E-state index contributed by atoms with van der Waals surface area (Å²) in [5, 5.41) is 1.09. The van der Waals surface area contributed by atoms with Gasteiger partial charge in [-0.2, -0.15) is 0 Å². The highest BCUT2D eigenvalue weighted by Gasteiger charge is 2.06. The molecule has 2 N–H and O–H groups in total. The number of carbonyl (C=O) groups is 1. The van der Waals surface area contributed by atoms with Gasteiger partial charge in [-0.25, -0.2) is 0 Å². The van der Waals surface area contributed by atoms with Crippen molar-refractivity contribution in [2.45, 2.75) is 6.42 Å². The molecule has 2 nitrogen and oxygen atoms in total. The summed E-state index contributed by atoms with van der Waals surface area (Å²) < 4.78 is 0. The van der Waals surface area contributed by atoms with Crippen LogP contribution in [0.5, 0.6) is 0 Å². The fourth-order valence-electron chi connectivity index (χ4n) is 0.931. The molecule has 1 aromatic rings. The van der Waals surface area contributed by atoms with E-state index in [1.165, 1.54) is 0 Å². The molecular weight excluding hydrogens is 253 g/mol. The molecule has 0 aliphatic heterocycles. The SMILES string of the molecule is Nc1ccc(C(=O)CCBr)cc1Cl. The first-order chi connectivity index (χ1) is 6.15. The van der Waals surface area contributed by atoms with E-state index < -0.39 is 0 Å². The molecule has 0 aliphatic rings. The maximum atomic E-state index is 11.4. The second kappa shape index (κ2) is 4.63. The first kappa shape index (κ1) is 10.5. The van der Waals surface area contributed by atoms with Crippen molar-refractivity contribution in [1.82, 2.24) is 0 Å². The van der Waals surface area contributed by atoms with E-state index in [4.69, 9.17) is 17.3 Å². The topological polar surface area (TPSA) is 43.1 Å². The van der Waals surface area contributed by atoms with Crippen molar-refractivity contribution in [2.75, 3.05) is 11.1 Å². The zero-order valence-corrected chi connectivity index (χ0v) is 9.23. The lowest BCUT2D eigenvalue weighted by molar-refractivity contribution is 0.0990. The molecule has 0 amide bonds. The third kappa shape index (κ3) is 2.71. The molecule has 1 aromatic carbocycles.